The average molecular weight is 238 g/mol. The maximum absolute atomic E-state index is 5.45. The van der Waals surface area contributed by atoms with Crippen LogP contribution in [0, 0.1) is 11.3 Å². The molecule has 1 unspecified atom stereocenters. The largest absolute Gasteiger partial charge is 0.381 e. The van der Waals surface area contributed by atoms with Gasteiger partial charge in [-0.15, -0.1) is 0 Å². The Morgan fingerprint density at radius 3 is 2.59 bits per heavy atom. The van der Waals surface area contributed by atoms with Crippen LogP contribution in [-0.2, 0) is 4.74 Å². The molecule has 2 aliphatic heterocycles. The van der Waals surface area contributed by atoms with Crippen molar-refractivity contribution in [2.45, 2.75) is 44.6 Å². The van der Waals surface area contributed by atoms with Gasteiger partial charge < -0.3 is 15.4 Å². The Bertz CT molecular complexity index is 267. The molecule has 3 heteroatoms. The molecule has 0 radical (unpaired) electrons. The van der Waals surface area contributed by atoms with Gasteiger partial charge in [-0.2, -0.15) is 0 Å². The van der Waals surface area contributed by atoms with Crippen LogP contribution in [0.25, 0.3) is 0 Å². The molecule has 3 rings (SSSR count). The predicted molar refractivity (Wildman–Crippen MR) is 69.1 cm³/mol. The van der Waals surface area contributed by atoms with Crippen LogP contribution in [-0.4, -0.2) is 38.4 Å². The minimum absolute atomic E-state index is 0.342. The Morgan fingerprint density at radius 2 is 1.88 bits per heavy atom. The summed E-state index contributed by atoms with van der Waals surface area (Å²) in [7, 11) is 0. The van der Waals surface area contributed by atoms with Crippen molar-refractivity contribution >= 4 is 0 Å². The average Bonchev–Trinajstić information content (AvgIpc) is 3.01. The zero-order valence-corrected chi connectivity index (χ0v) is 11.1. The third kappa shape index (κ3) is 2.51. The molecule has 17 heavy (non-hydrogen) atoms. The molecule has 0 aromatic heterocycles. The second-order valence-corrected chi connectivity index (χ2v) is 6.57. The van der Waals surface area contributed by atoms with Crippen LogP contribution in [0.5, 0.6) is 0 Å². The summed E-state index contributed by atoms with van der Waals surface area (Å²) in [6, 6.07) is 0. The van der Waals surface area contributed by atoms with Gasteiger partial charge in [0.2, 0.25) is 0 Å². The van der Waals surface area contributed by atoms with Crippen LogP contribution in [0.3, 0.4) is 0 Å². The maximum Gasteiger partial charge on any atom is 0.0483 e. The monoisotopic (exact) mass is 238 g/mol. The maximum atomic E-state index is 5.45. The van der Waals surface area contributed by atoms with Crippen LogP contribution in [0.2, 0.25) is 0 Å². The minimum Gasteiger partial charge on any atom is -0.381 e. The van der Waals surface area contributed by atoms with Gasteiger partial charge in [-0.05, 0) is 70.0 Å². The third-order valence-electron chi connectivity index (χ3n) is 5.33. The van der Waals surface area contributed by atoms with E-state index in [0.29, 0.717) is 5.54 Å². The van der Waals surface area contributed by atoms with E-state index in [-0.39, 0.29) is 0 Å². The predicted octanol–water partition coefficient (Wildman–Crippen LogP) is 1.53. The molecule has 3 nitrogen and oxygen atoms in total. The van der Waals surface area contributed by atoms with Gasteiger partial charge in [0.05, 0.1) is 0 Å². The van der Waals surface area contributed by atoms with E-state index in [9.17, 15) is 0 Å². The van der Waals surface area contributed by atoms with E-state index >= 15 is 0 Å². The Hall–Kier alpha value is -0.120. The number of piperidine rings is 1. The highest BCUT2D eigenvalue weighted by Crippen LogP contribution is 2.58. The van der Waals surface area contributed by atoms with Crippen molar-refractivity contribution < 1.29 is 4.74 Å². The van der Waals surface area contributed by atoms with Gasteiger partial charge >= 0.3 is 0 Å². The fourth-order valence-electron chi connectivity index (χ4n) is 3.63. The zero-order chi connectivity index (χ0) is 11.8. The summed E-state index contributed by atoms with van der Waals surface area (Å²) in [6.45, 7) is 7.94. The molecule has 3 fully saturated rings. The quantitative estimate of drug-likeness (QED) is 0.782. The van der Waals surface area contributed by atoms with Gasteiger partial charge in [0.15, 0.2) is 0 Å². The molecule has 0 bridgehead atoms. The third-order valence-corrected chi connectivity index (χ3v) is 5.33. The van der Waals surface area contributed by atoms with Crippen molar-refractivity contribution in [3.8, 4) is 0 Å². The molecule has 98 valence electrons. The summed E-state index contributed by atoms with van der Waals surface area (Å²) in [6.07, 6.45) is 6.62. The van der Waals surface area contributed by atoms with Crippen molar-refractivity contribution in [2.75, 3.05) is 32.8 Å². The van der Waals surface area contributed by atoms with E-state index in [0.717, 1.165) is 24.5 Å². The highest BCUT2D eigenvalue weighted by molar-refractivity contribution is 5.06. The first-order valence-corrected chi connectivity index (χ1v) is 7.26. The van der Waals surface area contributed by atoms with Gasteiger partial charge in [0, 0.05) is 18.8 Å². The van der Waals surface area contributed by atoms with Gasteiger partial charge in [-0.1, -0.05) is 0 Å². The lowest BCUT2D eigenvalue weighted by molar-refractivity contribution is 0.0444. The van der Waals surface area contributed by atoms with Crippen molar-refractivity contribution in [1.29, 1.82) is 0 Å². The number of ether oxygens (including phenoxy) is 1. The van der Waals surface area contributed by atoms with Crippen molar-refractivity contribution in [1.82, 2.24) is 10.6 Å². The number of nitrogens with one attached hydrogen (secondary N) is 2. The molecular formula is C14H26N2O. The lowest BCUT2D eigenvalue weighted by Gasteiger charge is -2.35. The first-order valence-electron chi connectivity index (χ1n) is 7.26. The summed E-state index contributed by atoms with van der Waals surface area (Å²) in [5, 5.41) is 7.31. The molecule has 2 heterocycles. The molecule has 2 saturated heterocycles. The highest BCUT2D eigenvalue weighted by Gasteiger charge is 2.53. The molecule has 1 atom stereocenters. The van der Waals surface area contributed by atoms with Crippen molar-refractivity contribution in [2.24, 2.45) is 11.3 Å². The second-order valence-electron chi connectivity index (χ2n) is 6.57. The van der Waals surface area contributed by atoms with E-state index in [1.54, 1.807) is 0 Å². The SMILES string of the molecule is CC1(NCC2CC23CCNCC3)CCOCC1. The smallest absolute Gasteiger partial charge is 0.0483 e. The Kier molecular flexibility index (Phi) is 3.18. The summed E-state index contributed by atoms with van der Waals surface area (Å²) in [5.41, 5.74) is 1.06. The topological polar surface area (TPSA) is 33.3 Å². The molecule has 0 aromatic rings. The lowest BCUT2D eigenvalue weighted by atomic mass is 9.90. The van der Waals surface area contributed by atoms with Gasteiger partial charge in [-0.3, -0.25) is 0 Å². The summed E-state index contributed by atoms with van der Waals surface area (Å²) in [4.78, 5) is 0. The minimum atomic E-state index is 0.342. The molecule has 0 amide bonds. The standard InChI is InChI=1S/C14H26N2O/c1-13(4-8-17-9-5-13)16-11-12-10-14(12)2-6-15-7-3-14/h12,15-16H,2-11H2,1H3. The highest BCUT2D eigenvalue weighted by atomic mass is 16.5. The van der Waals surface area contributed by atoms with E-state index in [1.165, 1.54) is 51.7 Å². The van der Waals surface area contributed by atoms with Gasteiger partial charge in [-0.25, -0.2) is 0 Å². The molecule has 3 aliphatic rings. The zero-order valence-electron chi connectivity index (χ0n) is 11.1. The Balaban J connectivity index is 1.46. The van der Waals surface area contributed by atoms with Crippen LogP contribution < -0.4 is 10.6 Å². The number of rotatable bonds is 3. The van der Waals surface area contributed by atoms with Crippen LogP contribution in [0.15, 0.2) is 0 Å². The summed E-state index contributed by atoms with van der Waals surface area (Å²) < 4.78 is 5.45. The Labute approximate surface area is 105 Å². The first kappa shape index (κ1) is 11.9. The van der Waals surface area contributed by atoms with E-state index in [4.69, 9.17) is 4.74 Å². The Morgan fingerprint density at radius 1 is 1.18 bits per heavy atom. The van der Waals surface area contributed by atoms with Crippen LogP contribution in [0.1, 0.15) is 39.0 Å². The van der Waals surface area contributed by atoms with Crippen LogP contribution >= 0.6 is 0 Å². The molecule has 0 aromatic carbocycles. The van der Waals surface area contributed by atoms with Gasteiger partial charge in [0.1, 0.15) is 0 Å². The fourth-order valence-corrected chi connectivity index (χ4v) is 3.63. The number of hydrogen-bond acceptors (Lipinski definition) is 3. The molecule has 2 N–H and O–H groups in total. The normalized spacial score (nSPS) is 34.8. The second kappa shape index (κ2) is 4.52. The first-order chi connectivity index (χ1) is 8.23. The van der Waals surface area contributed by atoms with Crippen molar-refractivity contribution in [3.05, 3.63) is 0 Å². The van der Waals surface area contributed by atoms with Crippen molar-refractivity contribution in [3.63, 3.8) is 0 Å². The molecule has 1 saturated carbocycles. The number of hydrogen-bond donors (Lipinski definition) is 2. The van der Waals surface area contributed by atoms with Gasteiger partial charge in [0.25, 0.3) is 0 Å². The van der Waals surface area contributed by atoms with Crippen LogP contribution in [0.4, 0.5) is 0 Å². The summed E-state index contributed by atoms with van der Waals surface area (Å²) in [5.74, 6) is 0.948. The van der Waals surface area contributed by atoms with E-state index < -0.39 is 0 Å². The summed E-state index contributed by atoms with van der Waals surface area (Å²) >= 11 is 0. The molecular weight excluding hydrogens is 212 g/mol. The molecule has 1 spiro atoms. The van der Waals surface area contributed by atoms with E-state index in [1.807, 2.05) is 0 Å². The molecule has 1 aliphatic carbocycles. The lowest BCUT2D eigenvalue weighted by Crippen LogP contribution is -2.48. The van der Waals surface area contributed by atoms with E-state index in [2.05, 4.69) is 17.6 Å². The fraction of sp³-hybridized carbons (Fsp3) is 1.00.